The molecule has 3 rings (SSSR count). The number of nitrogens with zero attached hydrogens (tertiary/aromatic N) is 1. The molecule has 0 atom stereocenters. The molecule has 3 aromatic carbocycles. The summed E-state index contributed by atoms with van der Waals surface area (Å²) in [7, 11) is 0. The molecule has 0 aliphatic carbocycles. The maximum atomic E-state index is 12.6. The van der Waals surface area contributed by atoms with Gasteiger partial charge in [-0.3, -0.25) is 9.59 Å². The van der Waals surface area contributed by atoms with Crippen molar-refractivity contribution in [3.05, 3.63) is 83.4 Å². The van der Waals surface area contributed by atoms with Gasteiger partial charge in [-0.15, -0.1) is 0 Å². The third kappa shape index (κ3) is 7.93. The number of aryl methyl sites for hydroxylation is 1. The van der Waals surface area contributed by atoms with Gasteiger partial charge in [0.1, 0.15) is 5.75 Å². The average molecular weight is 504 g/mol. The number of carbonyl (C=O) groups is 3. The van der Waals surface area contributed by atoms with Crippen molar-refractivity contribution >= 4 is 29.7 Å². The van der Waals surface area contributed by atoms with Crippen molar-refractivity contribution in [2.24, 2.45) is 5.10 Å². The van der Waals surface area contributed by atoms with E-state index in [-0.39, 0.29) is 5.75 Å². The van der Waals surface area contributed by atoms with Crippen molar-refractivity contribution < 1.29 is 28.6 Å². The van der Waals surface area contributed by atoms with E-state index in [1.807, 2.05) is 26.0 Å². The van der Waals surface area contributed by atoms with Crippen LogP contribution in [0.25, 0.3) is 0 Å². The molecular weight excluding hydrogens is 474 g/mol. The van der Waals surface area contributed by atoms with Gasteiger partial charge in [-0.05, 0) is 86.0 Å². The molecule has 192 valence electrons. The van der Waals surface area contributed by atoms with E-state index in [2.05, 4.69) is 15.8 Å². The summed E-state index contributed by atoms with van der Waals surface area (Å²) in [5, 5.41) is 6.35. The molecule has 2 N–H and O–H groups in total. The Morgan fingerprint density at radius 3 is 2.16 bits per heavy atom. The number of ether oxygens (including phenoxy) is 3. The number of carbonyl (C=O) groups excluding carboxylic acids is 3. The van der Waals surface area contributed by atoms with Crippen LogP contribution in [0.15, 0.2) is 71.8 Å². The van der Waals surface area contributed by atoms with Crippen LogP contribution in [0.4, 0.5) is 5.69 Å². The molecule has 0 bridgehead atoms. The Bertz CT molecular complexity index is 1250. The zero-order chi connectivity index (χ0) is 26.6. The van der Waals surface area contributed by atoms with Crippen molar-refractivity contribution in [1.82, 2.24) is 5.43 Å². The molecule has 0 saturated heterocycles. The van der Waals surface area contributed by atoms with Crippen LogP contribution in [-0.2, 0) is 16.0 Å². The molecular formula is C28H29N3O6. The lowest BCUT2D eigenvalue weighted by molar-refractivity contribution is -0.136. The largest absolute Gasteiger partial charge is 0.494 e. The molecule has 0 fully saturated rings. The van der Waals surface area contributed by atoms with Crippen LogP contribution in [0.1, 0.15) is 42.3 Å². The fourth-order valence-electron chi connectivity index (χ4n) is 3.20. The summed E-state index contributed by atoms with van der Waals surface area (Å²) in [6, 6.07) is 18.6. The van der Waals surface area contributed by atoms with Crippen molar-refractivity contribution in [2.45, 2.75) is 27.2 Å². The van der Waals surface area contributed by atoms with E-state index in [4.69, 9.17) is 14.2 Å². The number of esters is 1. The summed E-state index contributed by atoms with van der Waals surface area (Å²) in [5.74, 6) is -1.09. The number of rotatable bonds is 10. The minimum absolute atomic E-state index is 0.232. The van der Waals surface area contributed by atoms with E-state index in [1.165, 1.54) is 6.21 Å². The van der Waals surface area contributed by atoms with E-state index >= 15 is 0 Å². The smallest absolute Gasteiger partial charge is 0.343 e. The van der Waals surface area contributed by atoms with Crippen LogP contribution in [0, 0.1) is 0 Å². The second-order valence-electron chi connectivity index (χ2n) is 7.69. The Labute approximate surface area is 215 Å². The van der Waals surface area contributed by atoms with Gasteiger partial charge in [-0.1, -0.05) is 19.1 Å². The number of amides is 2. The topological polar surface area (TPSA) is 115 Å². The Morgan fingerprint density at radius 2 is 1.51 bits per heavy atom. The Hall–Kier alpha value is -4.66. The first-order valence-corrected chi connectivity index (χ1v) is 11.9. The highest BCUT2D eigenvalue weighted by Gasteiger charge is 2.15. The van der Waals surface area contributed by atoms with Crippen LogP contribution in [0.2, 0.25) is 0 Å². The van der Waals surface area contributed by atoms with Crippen LogP contribution in [0.3, 0.4) is 0 Å². The zero-order valence-electron chi connectivity index (χ0n) is 20.9. The van der Waals surface area contributed by atoms with E-state index in [0.717, 1.165) is 12.0 Å². The van der Waals surface area contributed by atoms with E-state index in [0.29, 0.717) is 41.5 Å². The molecule has 0 spiro atoms. The quantitative estimate of drug-likeness (QED) is 0.140. The van der Waals surface area contributed by atoms with E-state index in [9.17, 15) is 14.4 Å². The third-order valence-corrected chi connectivity index (χ3v) is 5.08. The molecule has 9 heteroatoms. The lowest BCUT2D eigenvalue weighted by Crippen LogP contribution is -2.32. The number of hydrogen-bond acceptors (Lipinski definition) is 7. The summed E-state index contributed by atoms with van der Waals surface area (Å²) < 4.78 is 16.5. The van der Waals surface area contributed by atoms with Gasteiger partial charge < -0.3 is 19.5 Å². The normalized spacial score (nSPS) is 10.6. The molecule has 0 radical (unpaired) electrons. The van der Waals surface area contributed by atoms with Gasteiger partial charge in [0.2, 0.25) is 0 Å². The fourth-order valence-corrected chi connectivity index (χ4v) is 3.20. The average Bonchev–Trinajstić information content (AvgIpc) is 2.91. The van der Waals surface area contributed by atoms with Crippen LogP contribution in [-0.4, -0.2) is 37.2 Å². The lowest BCUT2D eigenvalue weighted by Gasteiger charge is -2.11. The van der Waals surface area contributed by atoms with Crippen molar-refractivity contribution in [1.29, 1.82) is 0 Å². The summed E-state index contributed by atoms with van der Waals surface area (Å²) in [6.07, 6.45) is 2.22. The molecule has 3 aromatic rings. The fraction of sp³-hybridized carbons (Fsp3) is 0.214. The van der Waals surface area contributed by atoms with Crippen LogP contribution in [0.5, 0.6) is 17.2 Å². The molecule has 0 aromatic heterocycles. The summed E-state index contributed by atoms with van der Waals surface area (Å²) in [6.45, 7) is 6.57. The lowest BCUT2D eigenvalue weighted by atomic mass is 10.1. The molecule has 0 heterocycles. The first-order valence-electron chi connectivity index (χ1n) is 11.9. The first-order chi connectivity index (χ1) is 17.9. The van der Waals surface area contributed by atoms with Gasteiger partial charge in [-0.25, -0.2) is 10.2 Å². The Balaban J connectivity index is 1.60. The van der Waals surface area contributed by atoms with Crippen molar-refractivity contribution in [3.63, 3.8) is 0 Å². The van der Waals surface area contributed by atoms with Gasteiger partial charge in [0.05, 0.1) is 25.0 Å². The highest BCUT2D eigenvalue weighted by atomic mass is 16.6. The van der Waals surface area contributed by atoms with E-state index in [1.54, 1.807) is 61.5 Å². The minimum Gasteiger partial charge on any atom is -0.494 e. The number of nitrogens with one attached hydrogen (secondary N) is 2. The maximum absolute atomic E-state index is 12.6. The second kappa shape index (κ2) is 13.4. The first kappa shape index (κ1) is 26.9. The predicted octanol–water partition coefficient (Wildman–Crippen LogP) is 4.35. The maximum Gasteiger partial charge on any atom is 0.343 e. The Morgan fingerprint density at radius 1 is 0.811 bits per heavy atom. The van der Waals surface area contributed by atoms with Crippen LogP contribution < -0.4 is 25.0 Å². The number of anilines is 1. The standard InChI is InChI=1S/C28H29N3O6/c1-4-19-7-12-22(13-8-19)30-26(32)27(33)31-29-18-20-9-16-24(25(17-20)36-6-3)37-28(34)21-10-14-23(15-11-21)35-5-2/h7-18H,4-6H2,1-3H3,(H,30,32)(H,31,33). The zero-order valence-corrected chi connectivity index (χ0v) is 20.9. The molecule has 9 nitrogen and oxygen atoms in total. The van der Waals surface area contributed by atoms with E-state index < -0.39 is 17.8 Å². The minimum atomic E-state index is -0.915. The van der Waals surface area contributed by atoms with Gasteiger partial charge in [0, 0.05) is 5.69 Å². The van der Waals surface area contributed by atoms with Gasteiger partial charge >= 0.3 is 17.8 Å². The second-order valence-corrected chi connectivity index (χ2v) is 7.69. The van der Waals surface area contributed by atoms with Gasteiger partial charge in [0.15, 0.2) is 11.5 Å². The SMILES string of the molecule is CCOc1ccc(C(=O)Oc2ccc(C=NNC(=O)C(=O)Nc3ccc(CC)cc3)cc2OCC)cc1. The summed E-state index contributed by atoms with van der Waals surface area (Å²) in [4.78, 5) is 36.7. The number of benzene rings is 3. The molecule has 2 amide bonds. The molecule has 0 aliphatic heterocycles. The molecule has 0 saturated carbocycles. The van der Waals surface area contributed by atoms with Crippen molar-refractivity contribution in [2.75, 3.05) is 18.5 Å². The van der Waals surface area contributed by atoms with Gasteiger partial charge in [-0.2, -0.15) is 5.10 Å². The Kier molecular flexibility index (Phi) is 9.78. The summed E-state index contributed by atoms with van der Waals surface area (Å²) in [5.41, 5.74) is 4.74. The predicted molar refractivity (Wildman–Crippen MR) is 140 cm³/mol. The highest BCUT2D eigenvalue weighted by molar-refractivity contribution is 6.39. The monoisotopic (exact) mass is 503 g/mol. The van der Waals surface area contributed by atoms with Crippen LogP contribution >= 0.6 is 0 Å². The number of hydrazone groups is 1. The third-order valence-electron chi connectivity index (χ3n) is 5.08. The molecule has 0 aliphatic rings. The molecule has 37 heavy (non-hydrogen) atoms. The summed E-state index contributed by atoms with van der Waals surface area (Å²) >= 11 is 0. The number of hydrogen-bond donors (Lipinski definition) is 2. The van der Waals surface area contributed by atoms with Gasteiger partial charge in [0.25, 0.3) is 0 Å². The molecule has 0 unspecified atom stereocenters. The van der Waals surface area contributed by atoms with Crippen molar-refractivity contribution in [3.8, 4) is 17.2 Å². The highest BCUT2D eigenvalue weighted by Crippen LogP contribution is 2.29.